The van der Waals surface area contributed by atoms with Crippen LogP contribution >= 0.6 is 11.6 Å². The molecule has 1 atom stereocenters. The molecule has 3 aromatic carbocycles. The number of ketones is 1. The van der Waals surface area contributed by atoms with Gasteiger partial charge in [-0.25, -0.2) is 0 Å². The average molecular weight is 483 g/mol. The summed E-state index contributed by atoms with van der Waals surface area (Å²) in [5.74, 6) is -0.294. The van der Waals surface area contributed by atoms with Gasteiger partial charge < -0.3 is 5.11 Å². The lowest BCUT2D eigenvalue weighted by Crippen LogP contribution is -2.42. The fraction of sp³-hybridized carbons (Fsp3) is 0.200. The molecule has 1 heterocycles. The molecule has 3 aromatic rings. The third-order valence-corrected chi connectivity index (χ3v) is 7.29. The second kappa shape index (κ2) is 9.20. The van der Waals surface area contributed by atoms with Crippen molar-refractivity contribution in [1.29, 1.82) is 5.41 Å². The summed E-state index contributed by atoms with van der Waals surface area (Å²) in [6.07, 6.45) is 1.86. The van der Waals surface area contributed by atoms with Crippen LogP contribution in [0.1, 0.15) is 47.4 Å². The van der Waals surface area contributed by atoms with Gasteiger partial charge in [-0.05, 0) is 49.9 Å². The maximum atomic E-state index is 13.5. The number of benzene rings is 3. The zero-order valence-corrected chi connectivity index (χ0v) is 20.6. The van der Waals surface area contributed by atoms with E-state index in [2.05, 4.69) is 0 Å². The smallest absolute Gasteiger partial charge is 0.161 e. The molecule has 35 heavy (non-hydrogen) atoms. The number of hydrogen-bond acceptors (Lipinski definition) is 3. The third-order valence-electron chi connectivity index (χ3n) is 6.88. The van der Waals surface area contributed by atoms with Gasteiger partial charge in [0.2, 0.25) is 0 Å². The molecular weight excluding hydrogens is 456 g/mol. The van der Waals surface area contributed by atoms with Gasteiger partial charge in [-0.3, -0.25) is 15.1 Å². The van der Waals surface area contributed by atoms with Gasteiger partial charge in [-0.2, -0.15) is 0 Å². The first-order chi connectivity index (χ1) is 16.9. The van der Waals surface area contributed by atoms with E-state index in [1.54, 1.807) is 4.90 Å². The highest BCUT2D eigenvalue weighted by molar-refractivity contribution is 6.32. The minimum Gasteiger partial charge on any atom is -0.507 e. The number of amidine groups is 1. The average Bonchev–Trinajstić information content (AvgIpc) is 2.86. The molecule has 0 radical (unpaired) electrons. The van der Waals surface area contributed by atoms with Crippen LogP contribution in [0.3, 0.4) is 0 Å². The summed E-state index contributed by atoms with van der Waals surface area (Å²) < 4.78 is 0. The number of aliphatic hydroxyl groups is 1. The van der Waals surface area contributed by atoms with E-state index in [1.807, 2.05) is 86.6 Å². The van der Waals surface area contributed by atoms with E-state index in [4.69, 9.17) is 11.6 Å². The standard InChI is InChI=1S/C30H27ClN2O2/c1-18-11-14-21(15-12-18)29(35)28-26(20-7-4-3-5-8-20)27-24(9-6-10-25(27)34)33(30(28)32)22-16-13-19(2)23(31)17-22/h3-5,7-8,11-17,26,32,35H,6,9-10H2,1-2H3/t26-/m0/s1. The first-order valence-corrected chi connectivity index (χ1v) is 12.2. The zero-order chi connectivity index (χ0) is 24.7. The minimum absolute atomic E-state index is 0.0111. The van der Waals surface area contributed by atoms with Crippen molar-refractivity contribution in [2.24, 2.45) is 0 Å². The number of rotatable bonds is 3. The van der Waals surface area contributed by atoms with Crippen molar-refractivity contribution in [3.63, 3.8) is 0 Å². The number of allylic oxidation sites excluding steroid dienone is 2. The van der Waals surface area contributed by atoms with Crippen molar-refractivity contribution in [2.45, 2.75) is 39.0 Å². The summed E-state index contributed by atoms with van der Waals surface area (Å²) in [6.45, 7) is 3.92. The summed E-state index contributed by atoms with van der Waals surface area (Å²) >= 11 is 6.48. The monoisotopic (exact) mass is 482 g/mol. The number of anilines is 1. The van der Waals surface area contributed by atoms with Gasteiger partial charge in [0.25, 0.3) is 0 Å². The van der Waals surface area contributed by atoms with Crippen molar-refractivity contribution in [1.82, 2.24) is 0 Å². The number of carbonyl (C=O) groups is 1. The summed E-state index contributed by atoms with van der Waals surface area (Å²) in [7, 11) is 0. The largest absolute Gasteiger partial charge is 0.507 e. The second-order valence-corrected chi connectivity index (χ2v) is 9.63. The Morgan fingerprint density at radius 2 is 1.71 bits per heavy atom. The van der Waals surface area contributed by atoms with Crippen molar-refractivity contribution >= 4 is 34.7 Å². The van der Waals surface area contributed by atoms with Crippen molar-refractivity contribution < 1.29 is 9.90 Å². The number of halogens is 1. The van der Waals surface area contributed by atoms with E-state index in [1.165, 1.54) is 0 Å². The molecule has 0 aromatic heterocycles. The molecule has 1 aliphatic heterocycles. The van der Waals surface area contributed by atoms with Gasteiger partial charge in [0, 0.05) is 45.5 Å². The molecule has 5 rings (SSSR count). The normalized spacial score (nSPS) is 19.6. The fourth-order valence-electron chi connectivity index (χ4n) is 5.04. The number of nitrogens with zero attached hydrogens (tertiary/aromatic N) is 1. The van der Waals surface area contributed by atoms with Crippen LogP contribution in [0.2, 0.25) is 5.02 Å². The van der Waals surface area contributed by atoms with Crippen LogP contribution in [0.4, 0.5) is 5.69 Å². The van der Waals surface area contributed by atoms with E-state index in [0.29, 0.717) is 40.3 Å². The molecule has 0 amide bonds. The van der Waals surface area contributed by atoms with E-state index >= 15 is 0 Å². The minimum atomic E-state index is -0.523. The summed E-state index contributed by atoms with van der Waals surface area (Å²) in [6, 6.07) is 23.0. The van der Waals surface area contributed by atoms with Gasteiger partial charge in [0.15, 0.2) is 5.78 Å². The molecular formula is C30H27ClN2O2. The molecule has 4 nitrogen and oxygen atoms in total. The van der Waals surface area contributed by atoms with Crippen LogP contribution in [0, 0.1) is 19.3 Å². The number of carbonyl (C=O) groups excluding carboxylic acids is 1. The van der Waals surface area contributed by atoms with Crippen LogP contribution in [0.5, 0.6) is 0 Å². The first kappa shape index (κ1) is 23.1. The number of hydrogen-bond donors (Lipinski definition) is 2. The lowest BCUT2D eigenvalue weighted by Gasteiger charge is -2.42. The highest BCUT2D eigenvalue weighted by atomic mass is 35.5. The predicted molar refractivity (Wildman–Crippen MR) is 142 cm³/mol. The number of nitrogens with one attached hydrogen (secondary N) is 1. The van der Waals surface area contributed by atoms with E-state index in [9.17, 15) is 15.3 Å². The Kier molecular flexibility index (Phi) is 6.08. The molecule has 0 bridgehead atoms. The third kappa shape index (κ3) is 4.08. The van der Waals surface area contributed by atoms with Gasteiger partial charge in [0.1, 0.15) is 11.6 Å². The maximum absolute atomic E-state index is 13.5. The Labute approximate surface area is 210 Å². The molecule has 0 saturated heterocycles. The van der Waals surface area contributed by atoms with Gasteiger partial charge in [-0.1, -0.05) is 77.8 Å². The molecule has 176 valence electrons. The lowest BCUT2D eigenvalue weighted by atomic mass is 9.73. The fourth-order valence-corrected chi connectivity index (χ4v) is 5.22. The van der Waals surface area contributed by atoms with E-state index in [0.717, 1.165) is 28.8 Å². The number of Topliss-reactive ketones (excluding diaryl/α,β-unsaturated/α-hetero) is 1. The first-order valence-electron chi connectivity index (χ1n) is 11.8. The SMILES string of the molecule is Cc1ccc(C(O)=C2C(=N)N(c3ccc(C)c(Cl)c3)C3=C(C(=O)CCC3)[C@@H]2c2ccccc2)cc1. The molecule has 2 aliphatic rings. The molecule has 0 fully saturated rings. The molecule has 1 aliphatic carbocycles. The molecule has 2 N–H and O–H groups in total. The summed E-state index contributed by atoms with van der Waals surface area (Å²) in [5.41, 5.74) is 6.13. The van der Waals surface area contributed by atoms with Crippen LogP contribution in [-0.4, -0.2) is 16.7 Å². The lowest BCUT2D eigenvalue weighted by molar-refractivity contribution is -0.116. The Bertz CT molecular complexity index is 1390. The van der Waals surface area contributed by atoms with E-state index in [-0.39, 0.29) is 17.4 Å². The zero-order valence-electron chi connectivity index (χ0n) is 19.8. The van der Waals surface area contributed by atoms with E-state index < -0.39 is 5.92 Å². The molecule has 0 spiro atoms. The number of aryl methyl sites for hydroxylation is 2. The van der Waals surface area contributed by atoms with Crippen LogP contribution < -0.4 is 4.90 Å². The summed E-state index contributed by atoms with van der Waals surface area (Å²) in [5, 5.41) is 21.6. The van der Waals surface area contributed by atoms with Gasteiger partial charge >= 0.3 is 0 Å². The maximum Gasteiger partial charge on any atom is 0.161 e. The quantitative estimate of drug-likeness (QED) is 0.379. The molecule has 5 heteroatoms. The second-order valence-electron chi connectivity index (χ2n) is 9.23. The highest BCUT2D eigenvalue weighted by Gasteiger charge is 2.43. The van der Waals surface area contributed by atoms with Crippen molar-refractivity contribution in [3.05, 3.63) is 117 Å². The van der Waals surface area contributed by atoms with Crippen molar-refractivity contribution in [2.75, 3.05) is 4.90 Å². The van der Waals surface area contributed by atoms with Crippen LogP contribution in [0.25, 0.3) is 5.76 Å². The summed E-state index contributed by atoms with van der Waals surface area (Å²) in [4.78, 5) is 15.3. The topological polar surface area (TPSA) is 64.4 Å². The Balaban J connectivity index is 1.82. The Morgan fingerprint density at radius 1 is 1.00 bits per heavy atom. The van der Waals surface area contributed by atoms with Crippen molar-refractivity contribution in [3.8, 4) is 0 Å². The molecule has 0 saturated carbocycles. The van der Waals surface area contributed by atoms with Crippen LogP contribution in [-0.2, 0) is 4.79 Å². The molecule has 0 unspecified atom stereocenters. The van der Waals surface area contributed by atoms with Gasteiger partial charge in [0.05, 0.1) is 0 Å². The number of aliphatic hydroxyl groups excluding tert-OH is 1. The Morgan fingerprint density at radius 3 is 2.40 bits per heavy atom. The van der Waals surface area contributed by atoms with Gasteiger partial charge in [-0.15, -0.1) is 0 Å². The van der Waals surface area contributed by atoms with Crippen LogP contribution in [0.15, 0.2) is 89.6 Å². The Hall–Kier alpha value is -3.63. The highest BCUT2D eigenvalue weighted by Crippen LogP contribution is 2.48. The predicted octanol–water partition coefficient (Wildman–Crippen LogP) is 7.51.